The van der Waals surface area contributed by atoms with Gasteiger partial charge in [-0.05, 0) is 63.6 Å². The topological polar surface area (TPSA) is 95.9 Å². The molecule has 2 aliphatic rings. The molecular formula is C25H35NO5. The molecule has 1 heterocycles. The Kier molecular flexibility index (Phi) is 5.66. The number of carbonyl (C=O) groups excluding carboxylic acids is 1. The Hall–Kier alpha value is -2.50. The summed E-state index contributed by atoms with van der Waals surface area (Å²) in [5, 5.41) is 22.9. The van der Waals surface area contributed by atoms with Crippen LogP contribution >= 0.6 is 0 Å². The highest BCUT2D eigenvalue weighted by Crippen LogP contribution is 2.54. The molecule has 0 fully saturated rings. The first-order valence-corrected chi connectivity index (χ1v) is 10.9. The number of phenols is 1. The van der Waals surface area contributed by atoms with Crippen LogP contribution in [0.5, 0.6) is 11.5 Å². The molecule has 0 bridgehead atoms. The molecule has 170 valence electrons. The van der Waals surface area contributed by atoms with E-state index in [1.807, 2.05) is 18.2 Å². The van der Waals surface area contributed by atoms with Crippen LogP contribution in [0.4, 0.5) is 0 Å². The van der Waals surface area contributed by atoms with Crippen molar-refractivity contribution in [2.45, 2.75) is 90.2 Å². The Labute approximate surface area is 184 Å². The molecule has 31 heavy (non-hydrogen) atoms. The van der Waals surface area contributed by atoms with E-state index in [2.05, 4.69) is 39.9 Å². The third-order valence-electron chi connectivity index (χ3n) is 6.50. The molecule has 6 nitrogen and oxygen atoms in total. The number of allylic oxidation sites excluding steroid dienone is 1. The van der Waals surface area contributed by atoms with E-state index in [4.69, 9.17) is 9.84 Å². The average Bonchev–Trinajstić information content (AvgIpc) is 2.57. The third kappa shape index (κ3) is 4.73. The molecule has 0 saturated heterocycles. The lowest BCUT2D eigenvalue weighted by Gasteiger charge is -2.47. The molecule has 1 aliphatic heterocycles. The van der Waals surface area contributed by atoms with E-state index in [1.54, 1.807) is 13.8 Å². The number of carboxylic acid groups (broad SMARTS) is 1. The standard InChI is InChI=1S/C25H35NO5/c1-23(2,3)15-11-18(27)21-16-10-14(22(30)26-24(4,5)13-20(28)29)8-9-17(16)25(6,7)31-19(21)12-15/h8,11-12,16-17,27H,9-10,13H2,1-7H3,(H,26,30)(H,28,29)/t16?,17-/m1/s1. The van der Waals surface area contributed by atoms with Crippen molar-refractivity contribution in [3.63, 3.8) is 0 Å². The van der Waals surface area contributed by atoms with Gasteiger partial charge in [0.2, 0.25) is 5.91 Å². The van der Waals surface area contributed by atoms with Gasteiger partial charge >= 0.3 is 5.97 Å². The molecule has 0 aromatic heterocycles. The highest BCUT2D eigenvalue weighted by atomic mass is 16.5. The van der Waals surface area contributed by atoms with Crippen LogP contribution in [0.15, 0.2) is 23.8 Å². The highest BCUT2D eigenvalue weighted by Gasteiger charge is 2.47. The van der Waals surface area contributed by atoms with Crippen LogP contribution in [-0.2, 0) is 15.0 Å². The molecule has 0 radical (unpaired) electrons. The summed E-state index contributed by atoms with van der Waals surface area (Å²) in [7, 11) is 0. The number of aliphatic carboxylic acids is 1. The second-order valence-electron chi connectivity index (χ2n) is 11.2. The van der Waals surface area contributed by atoms with Crippen molar-refractivity contribution in [2.75, 3.05) is 0 Å². The Morgan fingerprint density at radius 2 is 1.84 bits per heavy atom. The van der Waals surface area contributed by atoms with Gasteiger partial charge in [0.25, 0.3) is 0 Å². The first-order valence-electron chi connectivity index (χ1n) is 10.9. The number of carboxylic acids is 1. The number of phenolic OH excluding ortho intramolecular Hbond substituents is 1. The van der Waals surface area contributed by atoms with Gasteiger partial charge in [-0.3, -0.25) is 9.59 Å². The van der Waals surface area contributed by atoms with Crippen molar-refractivity contribution in [1.29, 1.82) is 0 Å². The molecular weight excluding hydrogens is 394 g/mol. The van der Waals surface area contributed by atoms with E-state index in [1.165, 1.54) is 0 Å². The van der Waals surface area contributed by atoms with Gasteiger partial charge in [0.1, 0.15) is 17.1 Å². The predicted octanol–water partition coefficient (Wildman–Crippen LogP) is 4.65. The lowest BCUT2D eigenvalue weighted by molar-refractivity contribution is -0.138. The Morgan fingerprint density at radius 3 is 2.42 bits per heavy atom. The second-order valence-corrected chi connectivity index (χ2v) is 11.2. The lowest BCUT2D eigenvalue weighted by Crippen LogP contribution is -2.48. The summed E-state index contributed by atoms with van der Waals surface area (Å²) in [5.74, 6) is -0.245. The van der Waals surface area contributed by atoms with Gasteiger partial charge in [-0.15, -0.1) is 0 Å². The molecule has 1 amide bonds. The summed E-state index contributed by atoms with van der Waals surface area (Å²) in [6.45, 7) is 13.8. The van der Waals surface area contributed by atoms with E-state index >= 15 is 0 Å². The second kappa shape index (κ2) is 7.57. The summed E-state index contributed by atoms with van der Waals surface area (Å²) in [4.78, 5) is 24.0. The van der Waals surface area contributed by atoms with Gasteiger partial charge in [0.15, 0.2) is 0 Å². The van der Waals surface area contributed by atoms with Gasteiger partial charge in [0, 0.05) is 28.5 Å². The van der Waals surface area contributed by atoms with Crippen LogP contribution in [0.25, 0.3) is 0 Å². The summed E-state index contributed by atoms with van der Waals surface area (Å²) >= 11 is 0. The highest BCUT2D eigenvalue weighted by molar-refractivity contribution is 5.94. The number of hydrogen-bond donors (Lipinski definition) is 3. The quantitative estimate of drug-likeness (QED) is 0.647. The van der Waals surface area contributed by atoms with Crippen LogP contribution in [-0.4, -0.2) is 33.2 Å². The van der Waals surface area contributed by atoms with Crippen molar-refractivity contribution >= 4 is 11.9 Å². The number of hydrogen-bond acceptors (Lipinski definition) is 4. The summed E-state index contributed by atoms with van der Waals surface area (Å²) in [6, 6.07) is 3.83. The molecule has 3 rings (SSSR count). The van der Waals surface area contributed by atoms with E-state index < -0.39 is 17.1 Å². The van der Waals surface area contributed by atoms with Crippen LogP contribution < -0.4 is 10.1 Å². The minimum Gasteiger partial charge on any atom is -0.508 e. The number of fused-ring (bicyclic) bond motifs is 3. The summed E-state index contributed by atoms with van der Waals surface area (Å²) < 4.78 is 6.37. The monoisotopic (exact) mass is 429 g/mol. The zero-order valence-electron chi connectivity index (χ0n) is 19.6. The fourth-order valence-electron chi connectivity index (χ4n) is 4.82. The largest absolute Gasteiger partial charge is 0.508 e. The first-order chi connectivity index (χ1) is 14.1. The number of ether oxygens (including phenoxy) is 1. The van der Waals surface area contributed by atoms with Crippen LogP contribution in [0.1, 0.15) is 84.8 Å². The number of carbonyl (C=O) groups is 2. The lowest BCUT2D eigenvalue weighted by atomic mass is 9.66. The van der Waals surface area contributed by atoms with Gasteiger partial charge < -0.3 is 20.3 Å². The fourth-order valence-corrected chi connectivity index (χ4v) is 4.82. The third-order valence-corrected chi connectivity index (χ3v) is 6.50. The summed E-state index contributed by atoms with van der Waals surface area (Å²) in [5.41, 5.74) is 0.962. The molecule has 0 spiro atoms. The number of nitrogens with one attached hydrogen (secondary N) is 1. The molecule has 3 N–H and O–H groups in total. The minimum atomic E-state index is -0.956. The van der Waals surface area contributed by atoms with Crippen molar-refractivity contribution in [3.05, 3.63) is 34.9 Å². The minimum absolute atomic E-state index is 0.0545. The van der Waals surface area contributed by atoms with E-state index in [9.17, 15) is 14.7 Å². The van der Waals surface area contributed by atoms with Gasteiger partial charge in [0.05, 0.1) is 6.42 Å². The number of benzene rings is 1. The molecule has 1 aromatic rings. The summed E-state index contributed by atoms with van der Waals surface area (Å²) in [6.07, 6.45) is 2.91. The van der Waals surface area contributed by atoms with Gasteiger partial charge in [-0.25, -0.2) is 0 Å². The van der Waals surface area contributed by atoms with E-state index in [-0.39, 0.29) is 35.3 Å². The van der Waals surface area contributed by atoms with Crippen LogP contribution in [0.2, 0.25) is 0 Å². The maximum atomic E-state index is 12.9. The zero-order chi connectivity index (χ0) is 23.4. The van der Waals surface area contributed by atoms with Crippen LogP contribution in [0.3, 0.4) is 0 Å². The van der Waals surface area contributed by atoms with Crippen molar-refractivity contribution in [2.24, 2.45) is 5.92 Å². The number of amides is 1. The number of aromatic hydroxyl groups is 1. The van der Waals surface area contributed by atoms with Gasteiger partial charge in [-0.1, -0.05) is 26.8 Å². The maximum Gasteiger partial charge on any atom is 0.305 e. The molecule has 0 saturated carbocycles. The SMILES string of the molecule is CC(C)(CC(=O)O)NC(=O)C1=CC[C@@H]2C(C1)c1c(O)cc(C(C)(C)C)cc1OC2(C)C. The molecule has 1 aromatic carbocycles. The van der Waals surface area contributed by atoms with E-state index in [0.29, 0.717) is 24.2 Å². The van der Waals surface area contributed by atoms with E-state index in [0.717, 1.165) is 11.1 Å². The molecule has 2 atom stereocenters. The Bertz CT molecular complexity index is 936. The van der Waals surface area contributed by atoms with Gasteiger partial charge in [-0.2, -0.15) is 0 Å². The maximum absolute atomic E-state index is 12.9. The predicted molar refractivity (Wildman–Crippen MR) is 120 cm³/mol. The molecule has 6 heteroatoms. The fraction of sp³-hybridized carbons (Fsp3) is 0.600. The molecule has 1 aliphatic carbocycles. The number of rotatable bonds is 4. The van der Waals surface area contributed by atoms with Crippen molar-refractivity contribution in [1.82, 2.24) is 5.32 Å². The smallest absolute Gasteiger partial charge is 0.305 e. The van der Waals surface area contributed by atoms with Crippen molar-refractivity contribution < 1.29 is 24.5 Å². The normalized spacial score (nSPS) is 22.5. The molecule has 1 unspecified atom stereocenters. The first kappa shape index (κ1) is 23.2. The Morgan fingerprint density at radius 1 is 1.19 bits per heavy atom. The Balaban J connectivity index is 1.94. The average molecular weight is 430 g/mol. The van der Waals surface area contributed by atoms with Crippen molar-refractivity contribution in [3.8, 4) is 11.5 Å². The zero-order valence-corrected chi connectivity index (χ0v) is 19.6. The van der Waals surface area contributed by atoms with Crippen LogP contribution in [0, 0.1) is 5.92 Å².